The maximum atomic E-state index is 14.1. The minimum absolute atomic E-state index is 0.0115. The zero-order chi connectivity index (χ0) is 30.4. The van der Waals surface area contributed by atoms with E-state index in [9.17, 15) is 26.7 Å². The number of allylic oxidation sites excluding steroid dienone is 2. The number of alkyl halides is 3. The van der Waals surface area contributed by atoms with Gasteiger partial charge in [-0.15, -0.1) is 0 Å². The number of aryl methyl sites for hydroxylation is 1. The van der Waals surface area contributed by atoms with Crippen molar-refractivity contribution in [3.05, 3.63) is 94.5 Å². The fraction of sp³-hybridized carbons (Fsp3) is 0.323. The molecule has 3 N–H and O–H groups in total. The van der Waals surface area contributed by atoms with Crippen LogP contribution in [-0.2, 0) is 11.2 Å². The van der Waals surface area contributed by atoms with Crippen LogP contribution in [0.4, 0.5) is 22.0 Å². The van der Waals surface area contributed by atoms with Gasteiger partial charge in [-0.05, 0) is 86.1 Å². The lowest BCUT2D eigenvalue weighted by atomic mass is 9.91. The molecule has 1 aromatic heterocycles. The third kappa shape index (κ3) is 7.51. The summed E-state index contributed by atoms with van der Waals surface area (Å²) in [6, 6.07) is 11.3. The number of benzene rings is 2. The van der Waals surface area contributed by atoms with E-state index in [1.165, 1.54) is 12.1 Å². The SMILES string of the molecule is COc1ccc(-c2cccnc2C(Cc2cc(F)cc(F)c2)NC(=O)CN=C2CCCCC2=C(N)C(F)(F)F)c(C)c1. The molecule has 1 fully saturated rings. The number of nitrogens with one attached hydrogen (secondary N) is 1. The van der Waals surface area contributed by atoms with Crippen molar-refractivity contribution >= 4 is 11.6 Å². The van der Waals surface area contributed by atoms with Crippen molar-refractivity contribution < 1.29 is 31.5 Å². The van der Waals surface area contributed by atoms with E-state index in [-0.39, 0.29) is 36.1 Å². The number of nitrogens with two attached hydrogens (primary N) is 1. The van der Waals surface area contributed by atoms with E-state index in [1.807, 2.05) is 25.1 Å². The number of halogens is 5. The van der Waals surface area contributed by atoms with Crippen LogP contribution in [-0.4, -0.2) is 36.4 Å². The van der Waals surface area contributed by atoms with E-state index < -0.39 is 42.0 Å². The first-order valence-corrected chi connectivity index (χ1v) is 13.4. The molecule has 222 valence electrons. The number of methoxy groups -OCH3 is 1. The second kappa shape index (κ2) is 13.1. The summed E-state index contributed by atoms with van der Waals surface area (Å²) < 4.78 is 73.3. The van der Waals surface area contributed by atoms with Crippen molar-refractivity contribution in [2.24, 2.45) is 10.7 Å². The van der Waals surface area contributed by atoms with E-state index in [4.69, 9.17) is 10.5 Å². The minimum atomic E-state index is -4.70. The number of aliphatic imine (C=N–C) groups is 1. The number of ether oxygens (including phenoxy) is 1. The van der Waals surface area contributed by atoms with Crippen molar-refractivity contribution in [2.45, 2.75) is 51.2 Å². The van der Waals surface area contributed by atoms with Crippen molar-refractivity contribution in [3.63, 3.8) is 0 Å². The van der Waals surface area contributed by atoms with Gasteiger partial charge in [0.2, 0.25) is 5.91 Å². The van der Waals surface area contributed by atoms with Gasteiger partial charge in [0, 0.05) is 29.1 Å². The third-order valence-electron chi connectivity index (χ3n) is 7.07. The average molecular weight is 587 g/mol. The molecule has 3 aromatic rings. The molecule has 42 heavy (non-hydrogen) atoms. The van der Waals surface area contributed by atoms with E-state index in [1.54, 1.807) is 25.4 Å². The molecule has 11 heteroatoms. The van der Waals surface area contributed by atoms with Gasteiger partial charge in [0.1, 0.15) is 29.6 Å². The number of hydrogen-bond donors (Lipinski definition) is 2. The predicted molar refractivity (Wildman–Crippen MR) is 150 cm³/mol. The van der Waals surface area contributed by atoms with Gasteiger partial charge in [-0.25, -0.2) is 8.78 Å². The molecule has 0 saturated heterocycles. The molecule has 1 heterocycles. The molecule has 0 bridgehead atoms. The minimum Gasteiger partial charge on any atom is -0.497 e. The smallest absolute Gasteiger partial charge is 0.431 e. The highest BCUT2D eigenvalue weighted by molar-refractivity contribution is 6.02. The van der Waals surface area contributed by atoms with Gasteiger partial charge >= 0.3 is 6.18 Å². The lowest BCUT2D eigenvalue weighted by molar-refractivity contribution is -0.120. The Kier molecular flexibility index (Phi) is 9.59. The lowest BCUT2D eigenvalue weighted by Crippen LogP contribution is -2.33. The number of nitrogens with zero attached hydrogens (tertiary/aromatic N) is 2. The number of pyridine rings is 1. The normalized spacial score (nSPS) is 16.7. The molecule has 0 aliphatic heterocycles. The average Bonchev–Trinajstić information content (AvgIpc) is 2.94. The maximum absolute atomic E-state index is 14.1. The van der Waals surface area contributed by atoms with Crippen LogP contribution in [0.3, 0.4) is 0 Å². The van der Waals surface area contributed by atoms with Crippen LogP contribution in [0.25, 0.3) is 11.1 Å². The molecular formula is C31H31F5N4O2. The first-order valence-electron chi connectivity index (χ1n) is 13.4. The monoisotopic (exact) mass is 586 g/mol. The third-order valence-corrected chi connectivity index (χ3v) is 7.07. The van der Waals surface area contributed by atoms with Crippen LogP contribution in [0.2, 0.25) is 0 Å². The van der Waals surface area contributed by atoms with Crippen LogP contribution in [0.15, 0.2) is 71.0 Å². The van der Waals surface area contributed by atoms with Crippen molar-refractivity contribution in [3.8, 4) is 16.9 Å². The summed E-state index contributed by atoms with van der Waals surface area (Å²) in [5, 5.41) is 2.84. The summed E-state index contributed by atoms with van der Waals surface area (Å²) in [7, 11) is 1.56. The van der Waals surface area contributed by atoms with Gasteiger partial charge in [0.05, 0.1) is 18.8 Å². The number of carbonyl (C=O) groups is 1. The number of aromatic nitrogens is 1. The Morgan fingerprint density at radius 2 is 1.79 bits per heavy atom. The van der Waals surface area contributed by atoms with Gasteiger partial charge in [0.15, 0.2) is 0 Å². The van der Waals surface area contributed by atoms with Crippen molar-refractivity contribution in [2.75, 3.05) is 13.7 Å². The van der Waals surface area contributed by atoms with Crippen LogP contribution >= 0.6 is 0 Å². The molecule has 4 rings (SSSR count). The second-order valence-electron chi connectivity index (χ2n) is 10.1. The Morgan fingerprint density at radius 1 is 1.07 bits per heavy atom. The first kappa shape index (κ1) is 30.7. The van der Waals surface area contributed by atoms with Crippen LogP contribution in [0.5, 0.6) is 5.75 Å². The molecule has 1 atom stereocenters. The number of hydrogen-bond acceptors (Lipinski definition) is 5. The molecule has 6 nitrogen and oxygen atoms in total. The van der Waals surface area contributed by atoms with E-state index in [2.05, 4.69) is 15.3 Å². The van der Waals surface area contributed by atoms with Crippen molar-refractivity contribution in [1.29, 1.82) is 0 Å². The summed E-state index contributed by atoms with van der Waals surface area (Å²) in [6.45, 7) is 1.43. The Bertz CT molecular complexity index is 1500. The summed E-state index contributed by atoms with van der Waals surface area (Å²) in [5.41, 5.74) is 7.34. The highest BCUT2D eigenvalue weighted by Gasteiger charge is 2.36. The molecule has 0 radical (unpaired) electrons. The summed E-state index contributed by atoms with van der Waals surface area (Å²) in [6.07, 6.45) is -1.61. The van der Waals surface area contributed by atoms with E-state index in [0.29, 0.717) is 29.8 Å². The maximum Gasteiger partial charge on any atom is 0.431 e. The lowest BCUT2D eigenvalue weighted by Gasteiger charge is -2.23. The standard InChI is InChI=1S/C31H31F5N4O2/c1-18-12-22(42-2)9-10-23(18)24-7-5-11-38-29(24)27(15-19-13-20(32)16-21(33)14-19)40-28(41)17-39-26-8-4-3-6-25(26)30(37)31(34,35)36/h5,7,9-14,16,27H,3-4,6,8,15,17,37H2,1-2H3,(H,40,41). The predicted octanol–water partition coefficient (Wildman–Crippen LogP) is 6.53. The Labute approximate surface area is 240 Å². The molecule has 1 unspecified atom stereocenters. The Hall–Kier alpha value is -4.28. The van der Waals surface area contributed by atoms with Gasteiger partial charge in [0.25, 0.3) is 0 Å². The van der Waals surface area contributed by atoms with Gasteiger partial charge < -0.3 is 15.8 Å². The quantitative estimate of drug-likeness (QED) is 0.294. The Balaban J connectivity index is 1.68. The Morgan fingerprint density at radius 3 is 2.45 bits per heavy atom. The molecule has 0 spiro atoms. The molecule has 1 saturated carbocycles. The summed E-state index contributed by atoms with van der Waals surface area (Å²) >= 11 is 0. The van der Waals surface area contributed by atoms with Crippen molar-refractivity contribution in [1.82, 2.24) is 10.3 Å². The van der Waals surface area contributed by atoms with Gasteiger partial charge in [-0.2, -0.15) is 13.2 Å². The summed E-state index contributed by atoms with van der Waals surface area (Å²) in [5.74, 6) is -1.48. The number of amides is 1. The molecule has 2 aromatic carbocycles. The molecule has 1 aliphatic carbocycles. The van der Waals surface area contributed by atoms with Gasteiger partial charge in [-0.3, -0.25) is 14.8 Å². The first-order chi connectivity index (χ1) is 20.0. The fourth-order valence-electron chi connectivity index (χ4n) is 5.10. The van der Waals surface area contributed by atoms with E-state index >= 15 is 0 Å². The topological polar surface area (TPSA) is 89.6 Å². The zero-order valence-electron chi connectivity index (χ0n) is 23.2. The molecule has 1 aliphatic rings. The highest BCUT2D eigenvalue weighted by Crippen LogP contribution is 2.33. The zero-order valence-corrected chi connectivity index (χ0v) is 23.2. The van der Waals surface area contributed by atoms with Gasteiger partial charge in [-0.1, -0.05) is 12.1 Å². The highest BCUT2D eigenvalue weighted by atomic mass is 19.4. The number of carbonyl (C=O) groups excluding carboxylic acids is 1. The number of rotatable bonds is 8. The largest absolute Gasteiger partial charge is 0.497 e. The summed E-state index contributed by atoms with van der Waals surface area (Å²) in [4.78, 5) is 21.9. The van der Waals surface area contributed by atoms with Crippen LogP contribution < -0.4 is 15.8 Å². The second-order valence-corrected chi connectivity index (χ2v) is 10.1. The fourth-order valence-corrected chi connectivity index (χ4v) is 5.10. The van der Waals surface area contributed by atoms with E-state index in [0.717, 1.165) is 17.2 Å². The molecule has 1 amide bonds. The van der Waals surface area contributed by atoms with Crippen LogP contribution in [0.1, 0.15) is 48.5 Å². The van der Waals surface area contributed by atoms with Crippen LogP contribution in [0, 0.1) is 18.6 Å². The molecular weight excluding hydrogens is 555 g/mol.